The van der Waals surface area contributed by atoms with Crippen LogP contribution in [0.2, 0.25) is 18.1 Å². The lowest BCUT2D eigenvalue weighted by atomic mass is 9.80. The highest BCUT2D eigenvalue weighted by Crippen LogP contribution is 2.47. The van der Waals surface area contributed by atoms with Gasteiger partial charge in [-0.15, -0.1) is 0 Å². The van der Waals surface area contributed by atoms with E-state index < -0.39 is 13.9 Å². The average molecular weight is 476 g/mol. The lowest BCUT2D eigenvalue weighted by Gasteiger charge is -2.42. The fourth-order valence-corrected chi connectivity index (χ4v) is 8.39. The largest absolute Gasteiger partial charge is 0.460 e. The molecule has 7 nitrogen and oxygen atoms in total. The zero-order valence-electron chi connectivity index (χ0n) is 20.7. The molecule has 0 unspecified atom stereocenters. The van der Waals surface area contributed by atoms with Crippen LogP contribution < -0.4 is 9.47 Å². The summed E-state index contributed by atoms with van der Waals surface area (Å²) in [5.74, 6) is 0.996. The van der Waals surface area contributed by atoms with Crippen LogP contribution in [0.25, 0.3) is 0 Å². The van der Waals surface area contributed by atoms with Gasteiger partial charge in [0.05, 0.1) is 25.0 Å². The van der Waals surface area contributed by atoms with Crippen molar-refractivity contribution in [1.29, 1.82) is 0 Å². The molecule has 0 N–H and O–H groups in total. The van der Waals surface area contributed by atoms with Crippen molar-refractivity contribution in [2.75, 3.05) is 6.79 Å². The third kappa shape index (κ3) is 4.64. The Balaban J connectivity index is 1.73. The average Bonchev–Trinajstić information content (AvgIpc) is 3.33. The SMILES string of the molecule is CC[Si](CC)(CC)O[C@H]1CC(=O)N2Cc3cc4c(cc3[C@@H](CC(=O)OC(C)(C)C)[C@H]12)OCO4. The number of nitrogens with zero attached hydrogens (tertiary/aromatic N) is 1. The smallest absolute Gasteiger partial charge is 0.307 e. The third-order valence-electron chi connectivity index (χ3n) is 7.36. The van der Waals surface area contributed by atoms with Crippen molar-refractivity contribution < 1.29 is 28.2 Å². The Labute approximate surface area is 197 Å². The molecule has 1 fully saturated rings. The van der Waals surface area contributed by atoms with E-state index in [-0.39, 0.29) is 43.2 Å². The van der Waals surface area contributed by atoms with E-state index in [1.54, 1.807) is 0 Å². The van der Waals surface area contributed by atoms with Gasteiger partial charge in [0, 0.05) is 12.5 Å². The Bertz CT molecular complexity index is 914. The van der Waals surface area contributed by atoms with E-state index in [4.69, 9.17) is 18.6 Å². The van der Waals surface area contributed by atoms with Gasteiger partial charge >= 0.3 is 5.97 Å². The van der Waals surface area contributed by atoms with Crippen LogP contribution in [0.3, 0.4) is 0 Å². The number of fused-ring (bicyclic) bond motifs is 3. The highest BCUT2D eigenvalue weighted by Gasteiger charge is 2.51. The van der Waals surface area contributed by atoms with Gasteiger partial charge in [0.1, 0.15) is 5.60 Å². The topological polar surface area (TPSA) is 74.3 Å². The van der Waals surface area contributed by atoms with Crippen LogP contribution in [0, 0.1) is 0 Å². The molecule has 3 heterocycles. The Morgan fingerprint density at radius 3 is 2.36 bits per heavy atom. The van der Waals surface area contributed by atoms with Gasteiger partial charge in [0.2, 0.25) is 12.7 Å². The lowest BCUT2D eigenvalue weighted by molar-refractivity contribution is -0.156. The molecule has 0 spiro atoms. The van der Waals surface area contributed by atoms with E-state index in [2.05, 4.69) is 20.8 Å². The Kier molecular flexibility index (Phi) is 6.53. The van der Waals surface area contributed by atoms with E-state index in [1.165, 1.54) is 0 Å². The predicted octanol–water partition coefficient (Wildman–Crippen LogP) is 4.74. The van der Waals surface area contributed by atoms with Crippen LogP contribution in [0.4, 0.5) is 0 Å². The van der Waals surface area contributed by atoms with Gasteiger partial charge in [-0.1, -0.05) is 20.8 Å². The second-order valence-corrected chi connectivity index (χ2v) is 15.1. The van der Waals surface area contributed by atoms with Crippen LogP contribution in [0.15, 0.2) is 12.1 Å². The van der Waals surface area contributed by atoms with Crippen LogP contribution in [-0.4, -0.2) is 49.6 Å². The van der Waals surface area contributed by atoms with E-state index in [0.717, 1.165) is 29.3 Å². The summed E-state index contributed by atoms with van der Waals surface area (Å²) >= 11 is 0. The molecule has 3 aliphatic heterocycles. The minimum atomic E-state index is -1.94. The molecular formula is C25H37NO6Si. The molecule has 1 aromatic rings. The summed E-state index contributed by atoms with van der Waals surface area (Å²) in [4.78, 5) is 28.1. The summed E-state index contributed by atoms with van der Waals surface area (Å²) in [5, 5.41) is 0. The van der Waals surface area contributed by atoms with E-state index in [9.17, 15) is 9.59 Å². The van der Waals surface area contributed by atoms with Gasteiger partial charge in [-0.2, -0.15) is 0 Å². The molecule has 3 atom stereocenters. The molecule has 1 aromatic carbocycles. The number of rotatable bonds is 7. The molecule has 4 rings (SSSR count). The molecule has 0 aliphatic carbocycles. The Morgan fingerprint density at radius 1 is 1.12 bits per heavy atom. The molecule has 0 radical (unpaired) electrons. The first kappa shape index (κ1) is 24.1. The van der Waals surface area contributed by atoms with Crippen molar-refractivity contribution in [3.8, 4) is 11.5 Å². The molecule has 3 aliphatic rings. The zero-order valence-corrected chi connectivity index (χ0v) is 21.7. The van der Waals surface area contributed by atoms with Crippen molar-refractivity contribution in [2.24, 2.45) is 0 Å². The zero-order chi connectivity index (χ0) is 24.0. The summed E-state index contributed by atoms with van der Waals surface area (Å²) in [6.45, 7) is 12.9. The van der Waals surface area contributed by atoms with Gasteiger partial charge in [0.25, 0.3) is 0 Å². The molecule has 1 saturated heterocycles. The number of ether oxygens (including phenoxy) is 3. The summed E-state index contributed by atoms with van der Waals surface area (Å²) in [6, 6.07) is 6.82. The summed E-state index contributed by atoms with van der Waals surface area (Å²) in [7, 11) is -1.94. The van der Waals surface area contributed by atoms with Crippen LogP contribution in [0.1, 0.15) is 71.4 Å². The number of carbonyl (C=O) groups excluding carboxylic acids is 2. The normalized spacial score (nSPS) is 24.0. The summed E-state index contributed by atoms with van der Waals surface area (Å²) < 4.78 is 23.8. The van der Waals surface area contributed by atoms with Crippen molar-refractivity contribution in [2.45, 2.75) is 103 Å². The molecule has 1 amide bonds. The summed E-state index contributed by atoms with van der Waals surface area (Å²) in [5.41, 5.74) is 1.47. The number of benzene rings is 1. The maximum Gasteiger partial charge on any atom is 0.307 e. The second kappa shape index (κ2) is 8.95. The lowest BCUT2D eigenvalue weighted by Crippen LogP contribution is -2.50. The first-order valence-corrected chi connectivity index (χ1v) is 14.7. The van der Waals surface area contributed by atoms with Crippen molar-refractivity contribution in [3.05, 3.63) is 23.3 Å². The molecule has 33 heavy (non-hydrogen) atoms. The quantitative estimate of drug-likeness (QED) is 0.419. The number of hydrogen-bond donors (Lipinski definition) is 0. The number of amides is 1. The molecule has 182 valence electrons. The summed E-state index contributed by atoms with van der Waals surface area (Å²) in [6.07, 6.45) is 0.345. The first-order chi connectivity index (χ1) is 15.6. The van der Waals surface area contributed by atoms with Crippen molar-refractivity contribution in [1.82, 2.24) is 4.90 Å². The maximum absolute atomic E-state index is 13.2. The maximum atomic E-state index is 13.2. The molecule has 0 bridgehead atoms. The molecule has 0 aromatic heterocycles. The Morgan fingerprint density at radius 2 is 1.76 bits per heavy atom. The van der Waals surface area contributed by atoms with Crippen molar-refractivity contribution >= 4 is 20.2 Å². The highest BCUT2D eigenvalue weighted by atomic mass is 28.4. The third-order valence-corrected chi connectivity index (χ3v) is 12.0. The van der Waals surface area contributed by atoms with Gasteiger partial charge in [-0.25, -0.2) is 0 Å². The molecular weight excluding hydrogens is 438 g/mol. The van der Waals surface area contributed by atoms with Crippen LogP contribution >= 0.6 is 0 Å². The van der Waals surface area contributed by atoms with Gasteiger partial charge in [0.15, 0.2) is 19.8 Å². The van der Waals surface area contributed by atoms with E-state index >= 15 is 0 Å². The monoisotopic (exact) mass is 475 g/mol. The highest BCUT2D eigenvalue weighted by molar-refractivity contribution is 6.73. The fourth-order valence-electron chi connectivity index (χ4n) is 5.52. The van der Waals surface area contributed by atoms with Gasteiger partial charge in [-0.05, 0) is 62.2 Å². The fraction of sp³-hybridized carbons (Fsp3) is 0.680. The Hall–Kier alpha value is -2.06. The minimum absolute atomic E-state index is 0.0914. The van der Waals surface area contributed by atoms with E-state index in [1.807, 2.05) is 37.8 Å². The number of carbonyl (C=O) groups is 2. The predicted molar refractivity (Wildman–Crippen MR) is 127 cm³/mol. The molecule has 0 saturated carbocycles. The van der Waals surface area contributed by atoms with Gasteiger partial charge < -0.3 is 23.5 Å². The second-order valence-electron chi connectivity index (χ2n) is 10.4. The number of hydrogen-bond acceptors (Lipinski definition) is 6. The van der Waals surface area contributed by atoms with Crippen molar-refractivity contribution in [3.63, 3.8) is 0 Å². The van der Waals surface area contributed by atoms with Gasteiger partial charge in [-0.3, -0.25) is 9.59 Å². The van der Waals surface area contributed by atoms with E-state index in [0.29, 0.717) is 24.5 Å². The minimum Gasteiger partial charge on any atom is -0.460 e. The molecule has 8 heteroatoms. The van der Waals surface area contributed by atoms with Crippen LogP contribution in [-0.2, 0) is 25.3 Å². The standard InChI is InChI=1S/C25H37NO6Si/c1-7-33(8-2,9-3)32-21-13-22(27)26-14-16-10-19-20(30-15-29-19)11-17(16)18(24(21)26)12-23(28)31-25(4,5)6/h10-11,18,21,24H,7-9,12-15H2,1-6H3/t18-,21+,24-/m1/s1. The van der Waals surface area contributed by atoms with Crippen LogP contribution in [0.5, 0.6) is 11.5 Å². The number of esters is 1. The first-order valence-electron chi connectivity index (χ1n) is 12.2.